The van der Waals surface area contributed by atoms with Crippen molar-refractivity contribution in [2.75, 3.05) is 19.7 Å². The molecule has 5 heteroatoms. The van der Waals surface area contributed by atoms with Gasteiger partial charge in [-0.25, -0.2) is 0 Å². The first-order valence-electron chi connectivity index (χ1n) is 7.49. The summed E-state index contributed by atoms with van der Waals surface area (Å²) >= 11 is 3.42. The molecule has 1 aliphatic rings. The van der Waals surface area contributed by atoms with Gasteiger partial charge in [-0.3, -0.25) is 4.79 Å². The van der Waals surface area contributed by atoms with Crippen LogP contribution in [0.15, 0.2) is 28.2 Å². The van der Waals surface area contributed by atoms with Crippen molar-refractivity contribution in [3.63, 3.8) is 0 Å². The molecule has 4 nitrogen and oxygen atoms in total. The van der Waals surface area contributed by atoms with Crippen LogP contribution < -0.4 is 4.74 Å². The molecule has 0 spiro atoms. The first-order valence-corrected chi connectivity index (χ1v) is 8.28. The third-order valence-corrected chi connectivity index (χ3v) is 3.97. The highest BCUT2D eigenvalue weighted by atomic mass is 79.9. The van der Waals surface area contributed by atoms with Crippen LogP contribution in [0.25, 0.3) is 6.08 Å². The first kappa shape index (κ1) is 16.6. The van der Waals surface area contributed by atoms with Crippen molar-refractivity contribution in [2.45, 2.75) is 26.2 Å². The summed E-state index contributed by atoms with van der Waals surface area (Å²) in [7, 11) is 0. The molecular weight excluding hydrogens is 344 g/mol. The quantitative estimate of drug-likeness (QED) is 0.591. The first-order chi connectivity index (χ1) is 10.7. The zero-order valence-corrected chi connectivity index (χ0v) is 14.2. The van der Waals surface area contributed by atoms with Crippen molar-refractivity contribution in [3.8, 4) is 11.8 Å². The number of hydrogen-bond donors (Lipinski definition) is 0. The topological polar surface area (TPSA) is 53.3 Å². The van der Waals surface area contributed by atoms with Crippen molar-refractivity contribution >= 4 is 27.9 Å². The Balaban J connectivity index is 2.30. The number of nitrogens with zero attached hydrogens (tertiary/aromatic N) is 2. The van der Waals surface area contributed by atoms with Crippen LogP contribution in [0.4, 0.5) is 0 Å². The second-order valence-corrected chi connectivity index (χ2v) is 6.12. The average molecular weight is 363 g/mol. The molecule has 0 saturated carbocycles. The molecule has 0 bridgehead atoms. The van der Waals surface area contributed by atoms with E-state index in [2.05, 4.69) is 15.9 Å². The van der Waals surface area contributed by atoms with E-state index < -0.39 is 0 Å². The Bertz CT molecular complexity index is 614. The number of carbonyl (C=O) groups is 1. The molecule has 0 N–H and O–H groups in total. The summed E-state index contributed by atoms with van der Waals surface area (Å²) in [5.41, 5.74) is 0.897. The van der Waals surface area contributed by atoms with Crippen LogP contribution in [0.5, 0.6) is 5.75 Å². The maximum atomic E-state index is 12.4. The van der Waals surface area contributed by atoms with Crippen molar-refractivity contribution in [1.29, 1.82) is 5.26 Å². The van der Waals surface area contributed by atoms with E-state index in [1.165, 1.54) is 0 Å². The Kier molecular flexibility index (Phi) is 6.02. The van der Waals surface area contributed by atoms with Crippen LogP contribution in [0, 0.1) is 11.3 Å². The molecule has 1 amide bonds. The van der Waals surface area contributed by atoms with Gasteiger partial charge < -0.3 is 9.64 Å². The minimum absolute atomic E-state index is 0.154. The maximum Gasteiger partial charge on any atom is 0.264 e. The molecule has 1 fully saturated rings. The number of hydrogen-bond acceptors (Lipinski definition) is 3. The summed E-state index contributed by atoms with van der Waals surface area (Å²) < 4.78 is 6.58. The summed E-state index contributed by atoms with van der Waals surface area (Å²) in [4.78, 5) is 14.1. The molecule has 1 saturated heterocycles. The van der Waals surface area contributed by atoms with Gasteiger partial charge in [-0.05, 0) is 43.5 Å². The molecule has 22 heavy (non-hydrogen) atoms. The molecular formula is C17H19BrN2O2. The standard InChI is InChI=1S/C17H19BrN2O2/c1-2-9-22-16-6-5-15(18)11-13(16)10-14(12-19)17(21)20-7-3-4-8-20/h5-6,10-11H,2-4,7-9H2,1H3/b14-10+. The van der Waals surface area contributed by atoms with Crippen molar-refractivity contribution in [3.05, 3.63) is 33.8 Å². The zero-order valence-electron chi connectivity index (χ0n) is 12.6. The van der Waals surface area contributed by atoms with Gasteiger partial charge in [0.05, 0.1) is 6.61 Å². The fourth-order valence-electron chi connectivity index (χ4n) is 2.36. The highest BCUT2D eigenvalue weighted by Gasteiger charge is 2.21. The van der Waals surface area contributed by atoms with Gasteiger partial charge in [0.2, 0.25) is 0 Å². The number of benzene rings is 1. The third-order valence-electron chi connectivity index (χ3n) is 3.48. The van der Waals surface area contributed by atoms with Gasteiger partial charge >= 0.3 is 0 Å². The molecule has 2 rings (SSSR count). The summed E-state index contributed by atoms with van der Waals surface area (Å²) in [6, 6.07) is 7.62. The van der Waals surface area contributed by atoms with Gasteiger partial charge in [-0.2, -0.15) is 5.26 Å². The molecule has 1 aromatic carbocycles. The summed E-state index contributed by atoms with van der Waals surface area (Å²) in [5.74, 6) is 0.494. The SMILES string of the molecule is CCCOc1ccc(Br)cc1/C=C(\C#N)C(=O)N1CCCC1. The largest absolute Gasteiger partial charge is 0.493 e. The Hall–Kier alpha value is -1.80. The van der Waals surface area contributed by atoms with Gasteiger partial charge in [-0.1, -0.05) is 22.9 Å². The Morgan fingerprint density at radius 3 is 2.82 bits per heavy atom. The van der Waals surface area contributed by atoms with E-state index in [4.69, 9.17) is 4.74 Å². The fraction of sp³-hybridized carbons (Fsp3) is 0.412. The molecule has 0 atom stereocenters. The lowest BCUT2D eigenvalue weighted by atomic mass is 10.1. The van der Waals surface area contributed by atoms with Gasteiger partial charge in [-0.15, -0.1) is 0 Å². The Morgan fingerprint density at radius 1 is 1.45 bits per heavy atom. The minimum atomic E-state index is -0.193. The van der Waals surface area contributed by atoms with Crippen molar-refractivity contribution in [1.82, 2.24) is 4.90 Å². The molecule has 0 radical (unpaired) electrons. The van der Waals surface area contributed by atoms with Gasteiger partial charge in [0.25, 0.3) is 5.91 Å². The minimum Gasteiger partial charge on any atom is -0.493 e. The molecule has 1 heterocycles. The number of amides is 1. The maximum absolute atomic E-state index is 12.4. The van der Waals surface area contributed by atoms with E-state index in [0.29, 0.717) is 12.4 Å². The number of ether oxygens (including phenoxy) is 1. The van der Waals surface area contributed by atoms with E-state index in [1.54, 1.807) is 11.0 Å². The summed E-state index contributed by atoms with van der Waals surface area (Å²) in [5, 5.41) is 9.34. The third kappa shape index (κ3) is 4.11. The van der Waals surface area contributed by atoms with Crippen LogP contribution in [0.1, 0.15) is 31.7 Å². The number of rotatable bonds is 5. The lowest BCUT2D eigenvalue weighted by Gasteiger charge is -2.14. The van der Waals surface area contributed by atoms with E-state index >= 15 is 0 Å². The van der Waals surface area contributed by atoms with E-state index in [0.717, 1.165) is 42.4 Å². The fourth-order valence-corrected chi connectivity index (χ4v) is 2.74. The smallest absolute Gasteiger partial charge is 0.264 e. The van der Waals surface area contributed by atoms with Crippen LogP contribution >= 0.6 is 15.9 Å². The number of carbonyl (C=O) groups excluding carboxylic acids is 1. The highest BCUT2D eigenvalue weighted by Crippen LogP contribution is 2.26. The van der Waals surface area contributed by atoms with E-state index in [9.17, 15) is 10.1 Å². The molecule has 116 valence electrons. The zero-order chi connectivity index (χ0) is 15.9. The van der Waals surface area contributed by atoms with Crippen molar-refractivity contribution < 1.29 is 9.53 Å². The number of likely N-dealkylation sites (tertiary alicyclic amines) is 1. The normalized spacial score (nSPS) is 14.8. The summed E-state index contributed by atoms with van der Waals surface area (Å²) in [6.07, 6.45) is 4.53. The van der Waals surface area contributed by atoms with Crippen LogP contribution in [-0.4, -0.2) is 30.5 Å². The lowest BCUT2D eigenvalue weighted by molar-refractivity contribution is -0.125. The Labute approximate surface area is 139 Å². The molecule has 0 unspecified atom stereocenters. The predicted octanol–water partition coefficient (Wildman–Crippen LogP) is 3.77. The van der Waals surface area contributed by atoms with Gasteiger partial charge in [0.1, 0.15) is 17.4 Å². The molecule has 0 aliphatic carbocycles. The second-order valence-electron chi connectivity index (χ2n) is 5.20. The van der Waals surface area contributed by atoms with Crippen LogP contribution in [0.3, 0.4) is 0 Å². The summed E-state index contributed by atoms with van der Waals surface area (Å²) in [6.45, 7) is 4.10. The van der Waals surface area contributed by atoms with Gasteiger partial charge in [0.15, 0.2) is 0 Å². The number of halogens is 1. The predicted molar refractivity (Wildman–Crippen MR) is 89.3 cm³/mol. The molecule has 1 aromatic rings. The Morgan fingerprint density at radius 2 is 2.18 bits per heavy atom. The van der Waals surface area contributed by atoms with Crippen molar-refractivity contribution in [2.24, 2.45) is 0 Å². The van der Waals surface area contributed by atoms with Gasteiger partial charge in [0, 0.05) is 23.1 Å². The monoisotopic (exact) mass is 362 g/mol. The van der Waals surface area contributed by atoms with E-state index in [-0.39, 0.29) is 11.5 Å². The van der Waals surface area contributed by atoms with E-state index in [1.807, 2.05) is 31.2 Å². The lowest BCUT2D eigenvalue weighted by Crippen LogP contribution is -2.28. The number of nitriles is 1. The highest BCUT2D eigenvalue weighted by molar-refractivity contribution is 9.10. The van der Waals surface area contributed by atoms with Crippen LogP contribution in [-0.2, 0) is 4.79 Å². The molecule has 0 aromatic heterocycles. The van der Waals surface area contributed by atoms with Crippen LogP contribution in [0.2, 0.25) is 0 Å². The average Bonchev–Trinajstić information content (AvgIpc) is 3.05. The molecule has 1 aliphatic heterocycles. The second kappa shape index (κ2) is 8.00.